The third-order valence-corrected chi connectivity index (χ3v) is 18.0. The van der Waals surface area contributed by atoms with Crippen LogP contribution < -0.4 is 20.9 Å². The Hall–Kier alpha value is -5.25. The second-order valence-electron chi connectivity index (χ2n) is 22.9. The number of anilines is 2. The van der Waals surface area contributed by atoms with Gasteiger partial charge in [-0.15, -0.1) is 0 Å². The standard InChI is InChI=1S/C27H36F3N7O.C25H33F3N6O/c1-16(2)23(37-7-5-36(6-8-37)21-4-3-20(14-33-21)27(28,29)30)24(34-15-31)35-22-18-9-17-10-19(22)13-26(11-17,12-18)25(32)38;1-2-20(32-5-7-33(8-6-32)21-4-3-19(14-31-21)25(26,27)28)23(30)34(15-29)22-17-9-16-10-18(22)13-24(35,11-16)12-17/h3-4,14,16-19,22-23H,5-13H2,1-2H3,(H2,32,38)(H,34,35);3-4,14,16-18,20,22,30,35H,2,5-13H2,1H3. The number of aliphatic hydroxyl groups is 1. The number of aromatic nitrogens is 2. The largest absolute Gasteiger partial charge is 0.417 e. The predicted octanol–water partition coefficient (Wildman–Crippen LogP) is 7.10. The van der Waals surface area contributed by atoms with Crippen LogP contribution in [-0.4, -0.2) is 129 Å². The van der Waals surface area contributed by atoms with E-state index in [1.807, 2.05) is 22.9 Å². The summed E-state index contributed by atoms with van der Waals surface area (Å²) in [5.74, 6) is 4.35. The Labute approximate surface area is 423 Å². The van der Waals surface area contributed by atoms with Gasteiger partial charge >= 0.3 is 12.4 Å². The molecule has 0 aromatic carbocycles. The highest BCUT2D eigenvalue weighted by molar-refractivity contribution is 5.89. The highest BCUT2D eigenvalue weighted by Crippen LogP contribution is 2.60. The van der Waals surface area contributed by atoms with E-state index >= 15 is 0 Å². The lowest BCUT2D eigenvalue weighted by atomic mass is 9.47. The summed E-state index contributed by atoms with van der Waals surface area (Å²) in [4.78, 5) is 34.8. The van der Waals surface area contributed by atoms with Crippen LogP contribution >= 0.6 is 0 Å². The first-order chi connectivity index (χ1) is 34.6. The molecule has 2 aromatic rings. The van der Waals surface area contributed by atoms with Crippen LogP contribution in [0.25, 0.3) is 0 Å². The van der Waals surface area contributed by atoms with Crippen molar-refractivity contribution in [2.45, 2.75) is 134 Å². The Morgan fingerprint density at radius 2 is 1.30 bits per heavy atom. The van der Waals surface area contributed by atoms with Crippen molar-refractivity contribution < 1.29 is 36.2 Å². The van der Waals surface area contributed by atoms with E-state index in [1.165, 1.54) is 12.1 Å². The number of halogens is 6. The summed E-state index contributed by atoms with van der Waals surface area (Å²) in [5.41, 5.74) is 3.39. The number of nitriles is 2. The van der Waals surface area contributed by atoms with Gasteiger partial charge in [0, 0.05) is 76.2 Å². The molecule has 2 aliphatic heterocycles. The summed E-state index contributed by atoms with van der Waals surface area (Å²) >= 11 is 0. The number of carbonyl (C=O) groups is 1. The molecule has 0 radical (unpaired) electrons. The first-order valence-corrected chi connectivity index (χ1v) is 26.2. The van der Waals surface area contributed by atoms with Gasteiger partial charge in [-0.25, -0.2) is 9.97 Å². The molecule has 12 rings (SSSR count). The summed E-state index contributed by atoms with van der Waals surface area (Å²) in [5, 5.41) is 43.3. The Morgan fingerprint density at radius 3 is 1.71 bits per heavy atom. The molecule has 8 aliphatic carbocycles. The van der Waals surface area contributed by atoms with E-state index in [0.29, 0.717) is 106 Å². The highest BCUT2D eigenvalue weighted by Gasteiger charge is 2.59. The summed E-state index contributed by atoms with van der Waals surface area (Å²) in [7, 11) is 0. The zero-order valence-corrected chi connectivity index (χ0v) is 41.9. The molecule has 21 heteroatoms. The second kappa shape index (κ2) is 20.5. The van der Waals surface area contributed by atoms with E-state index in [-0.39, 0.29) is 53.2 Å². The molecule has 15 nitrogen and oxygen atoms in total. The first-order valence-electron chi connectivity index (χ1n) is 26.2. The average Bonchev–Trinajstić information content (AvgIpc) is 3.33. The molecule has 2 saturated heterocycles. The number of carbonyl (C=O) groups excluding carboxylic acids is 1. The molecule has 6 unspecified atom stereocenters. The number of alkyl halides is 6. The van der Waals surface area contributed by atoms with Crippen molar-refractivity contribution in [3.63, 3.8) is 0 Å². The summed E-state index contributed by atoms with van der Waals surface area (Å²) in [6.45, 7) is 11.3. The summed E-state index contributed by atoms with van der Waals surface area (Å²) in [6, 6.07) is 4.84. The van der Waals surface area contributed by atoms with Crippen molar-refractivity contribution in [1.29, 1.82) is 15.9 Å². The van der Waals surface area contributed by atoms with Gasteiger partial charge in [0.05, 0.1) is 34.9 Å². The fourth-order valence-corrected chi connectivity index (χ4v) is 15.3. The molecule has 5 N–H and O–H groups in total. The van der Waals surface area contributed by atoms with Crippen LogP contribution in [0, 0.1) is 75.2 Å². The number of nitrogens with two attached hydrogens (primary N) is 1. The number of nitrogens with zero attached hydrogens (tertiary/aromatic N) is 10. The van der Waals surface area contributed by atoms with Crippen LogP contribution in [0.15, 0.2) is 41.7 Å². The van der Waals surface area contributed by atoms with Crippen molar-refractivity contribution in [3.8, 4) is 12.4 Å². The lowest BCUT2D eigenvalue weighted by Gasteiger charge is -2.59. The van der Waals surface area contributed by atoms with Gasteiger partial charge in [-0.1, -0.05) is 20.8 Å². The zero-order valence-electron chi connectivity index (χ0n) is 41.9. The third-order valence-electron chi connectivity index (χ3n) is 18.0. The van der Waals surface area contributed by atoms with Crippen molar-refractivity contribution in [3.05, 3.63) is 47.8 Å². The Bertz CT molecular complexity index is 2390. The van der Waals surface area contributed by atoms with Crippen molar-refractivity contribution in [2.75, 3.05) is 62.2 Å². The second-order valence-corrected chi connectivity index (χ2v) is 22.9. The minimum Gasteiger partial charge on any atom is -0.390 e. The third kappa shape index (κ3) is 10.7. The average molecular weight is 1020 g/mol. The number of rotatable bonds is 11. The normalized spacial score (nSPS) is 32.9. The van der Waals surface area contributed by atoms with E-state index in [1.54, 1.807) is 4.90 Å². The summed E-state index contributed by atoms with van der Waals surface area (Å²) < 4.78 is 77.3. The molecule has 6 atom stereocenters. The van der Waals surface area contributed by atoms with Gasteiger partial charge in [0.15, 0.2) is 6.19 Å². The van der Waals surface area contributed by atoms with Crippen molar-refractivity contribution in [1.82, 2.24) is 30.0 Å². The molecule has 8 bridgehead atoms. The maximum atomic E-state index is 12.9. The maximum absolute atomic E-state index is 12.9. The predicted molar refractivity (Wildman–Crippen MR) is 261 cm³/mol. The van der Waals surface area contributed by atoms with Crippen LogP contribution in [0.3, 0.4) is 0 Å². The van der Waals surface area contributed by atoms with Gasteiger partial charge in [-0.3, -0.25) is 24.9 Å². The fourth-order valence-electron chi connectivity index (χ4n) is 15.3. The molecule has 4 heterocycles. The van der Waals surface area contributed by atoms with E-state index < -0.39 is 29.1 Å². The first kappa shape index (κ1) is 52.6. The van der Waals surface area contributed by atoms with Gasteiger partial charge in [0.1, 0.15) is 23.3 Å². The molecular formula is C52H69F6N13O2. The minimum absolute atomic E-state index is 0.00369. The number of piperazine rings is 2. The lowest BCUT2D eigenvalue weighted by molar-refractivity contribution is -0.147. The quantitative estimate of drug-likeness (QED) is 0.0586. The summed E-state index contributed by atoms with van der Waals surface area (Å²) in [6.07, 6.45) is 7.06. The van der Waals surface area contributed by atoms with Gasteiger partial charge in [-0.2, -0.15) is 41.9 Å². The molecule has 73 heavy (non-hydrogen) atoms. The highest BCUT2D eigenvalue weighted by atomic mass is 19.4. The number of hydrogen-bond donors (Lipinski definition) is 4. The molecule has 10 aliphatic rings. The number of amidine groups is 2. The van der Waals surface area contributed by atoms with Crippen molar-refractivity contribution in [2.24, 2.45) is 57.6 Å². The molecule has 396 valence electrons. The molecule has 1 amide bonds. The zero-order chi connectivity index (χ0) is 52.2. The van der Waals surface area contributed by atoms with Gasteiger partial charge in [0.25, 0.3) is 0 Å². The Kier molecular flexibility index (Phi) is 14.7. The number of primary amides is 1. The van der Waals surface area contributed by atoms with Crippen LogP contribution in [0.4, 0.5) is 38.0 Å². The maximum Gasteiger partial charge on any atom is 0.417 e. The number of hydrogen-bond acceptors (Lipinski definition) is 12. The van der Waals surface area contributed by atoms with E-state index in [2.05, 4.69) is 50.1 Å². The van der Waals surface area contributed by atoms with Crippen LogP contribution in [0.1, 0.15) is 103 Å². The van der Waals surface area contributed by atoms with E-state index in [0.717, 1.165) is 88.7 Å². The fraction of sp³-hybridized carbons (Fsp3) is 0.712. The van der Waals surface area contributed by atoms with Gasteiger partial charge in [0.2, 0.25) is 12.1 Å². The number of nitrogens with one attached hydrogen (secondary N) is 2. The Morgan fingerprint density at radius 1 is 0.808 bits per heavy atom. The van der Waals surface area contributed by atoms with Gasteiger partial charge < -0.3 is 26.0 Å². The van der Waals surface area contributed by atoms with Gasteiger partial charge in [-0.05, 0) is 136 Å². The van der Waals surface area contributed by atoms with Crippen molar-refractivity contribution >= 4 is 29.2 Å². The molecule has 2 aromatic heterocycles. The SMILES string of the molecule is CC(C)C(C(=NC#N)NC1C2CC3CC1CC(C(N)=O)(C3)C2)N1CCN(c2ccc(C(F)(F)F)cn2)CC1.CCC(C(=N)N(C#N)C1C2CC3CC1CC(O)(C3)C2)N1CCN(c2ccc(C(F)(F)F)cn2)CC1. The van der Waals surface area contributed by atoms with Crippen LogP contribution in [0.2, 0.25) is 0 Å². The number of pyridine rings is 2. The lowest BCUT2D eigenvalue weighted by Crippen LogP contribution is -2.64. The monoisotopic (exact) mass is 1020 g/mol. The number of amides is 1. The molecule has 0 spiro atoms. The smallest absolute Gasteiger partial charge is 0.390 e. The molecular weight excluding hydrogens is 953 g/mol. The molecule has 8 saturated carbocycles. The van der Waals surface area contributed by atoms with E-state index in [9.17, 15) is 46.8 Å². The van der Waals surface area contributed by atoms with E-state index in [4.69, 9.17) is 11.1 Å². The minimum atomic E-state index is -4.41. The van der Waals surface area contributed by atoms with Crippen LogP contribution in [-0.2, 0) is 17.1 Å². The number of aliphatic imine (C=N–C) groups is 1. The van der Waals surface area contributed by atoms with Crippen LogP contribution in [0.5, 0.6) is 0 Å². The Balaban J connectivity index is 0.000000180. The topological polar surface area (TPSA) is 201 Å². The molecule has 10 fully saturated rings.